The molecule has 5 aromatic carbocycles. The van der Waals surface area contributed by atoms with E-state index in [-0.39, 0.29) is 0 Å². The molecule has 0 aromatic heterocycles. The number of ether oxygens (including phenoxy) is 1. The van der Waals surface area contributed by atoms with Crippen molar-refractivity contribution in [2.45, 2.75) is 12.1 Å². The maximum atomic E-state index is 6.95. The van der Waals surface area contributed by atoms with Crippen LogP contribution in [0.2, 0.25) is 0 Å². The van der Waals surface area contributed by atoms with E-state index in [0.717, 1.165) is 33.7 Å². The summed E-state index contributed by atoms with van der Waals surface area (Å²) in [6.45, 7) is 0.691. The van der Waals surface area contributed by atoms with E-state index in [1.54, 1.807) is 0 Å². The standard InChI is InChI=1S/C32H28N2O/c1-5-13-27(14-6-1)32(28-15-7-2-8-16-28,29-17-9-3-10-18-29)35-31-23-21-26(22-24-31)25-33-34-30-19-11-4-12-20-30/h1-24,33-34H,25H2. The number of para-hydroxylation sites is 1. The van der Waals surface area contributed by atoms with Gasteiger partial charge in [-0.3, -0.25) is 0 Å². The molecule has 35 heavy (non-hydrogen) atoms. The molecule has 0 spiro atoms. The fourth-order valence-corrected chi connectivity index (χ4v) is 4.32. The van der Waals surface area contributed by atoms with Crippen LogP contribution >= 0.6 is 0 Å². The second-order valence-corrected chi connectivity index (χ2v) is 8.37. The predicted molar refractivity (Wildman–Crippen MR) is 143 cm³/mol. The van der Waals surface area contributed by atoms with E-state index in [4.69, 9.17) is 4.74 Å². The van der Waals surface area contributed by atoms with Gasteiger partial charge in [-0.25, -0.2) is 5.43 Å². The van der Waals surface area contributed by atoms with Crippen LogP contribution in [0.4, 0.5) is 5.69 Å². The van der Waals surface area contributed by atoms with E-state index in [9.17, 15) is 0 Å². The second kappa shape index (κ2) is 10.7. The van der Waals surface area contributed by atoms with Gasteiger partial charge in [-0.1, -0.05) is 121 Å². The van der Waals surface area contributed by atoms with Crippen LogP contribution in [-0.2, 0) is 12.1 Å². The third-order valence-electron chi connectivity index (χ3n) is 6.03. The van der Waals surface area contributed by atoms with E-state index >= 15 is 0 Å². The minimum atomic E-state index is -0.779. The Morgan fingerprint density at radius 1 is 0.486 bits per heavy atom. The first-order valence-electron chi connectivity index (χ1n) is 11.8. The zero-order valence-electron chi connectivity index (χ0n) is 19.5. The average Bonchev–Trinajstić information content (AvgIpc) is 2.95. The third kappa shape index (κ3) is 5.11. The quantitative estimate of drug-likeness (QED) is 0.182. The van der Waals surface area contributed by atoms with Crippen LogP contribution in [0.3, 0.4) is 0 Å². The van der Waals surface area contributed by atoms with Crippen molar-refractivity contribution < 1.29 is 4.74 Å². The van der Waals surface area contributed by atoms with E-state index in [2.05, 4.69) is 95.8 Å². The Labute approximate surface area is 207 Å². The lowest BCUT2D eigenvalue weighted by molar-refractivity contribution is 0.155. The largest absolute Gasteiger partial charge is 0.473 e. The Kier molecular flexibility index (Phi) is 6.88. The van der Waals surface area contributed by atoms with Gasteiger partial charge in [-0.15, -0.1) is 0 Å². The van der Waals surface area contributed by atoms with Crippen LogP contribution in [0.1, 0.15) is 22.3 Å². The smallest absolute Gasteiger partial charge is 0.184 e. The SMILES string of the molecule is c1ccc(NNCc2ccc(OC(c3ccccc3)(c3ccccc3)c3ccccc3)cc2)cc1. The molecule has 0 bridgehead atoms. The minimum absolute atomic E-state index is 0.691. The number of benzene rings is 5. The summed E-state index contributed by atoms with van der Waals surface area (Å²) in [6, 6.07) is 49.6. The first-order chi connectivity index (χ1) is 17.3. The third-order valence-corrected chi connectivity index (χ3v) is 6.03. The molecule has 0 unspecified atom stereocenters. The molecular formula is C32H28N2O. The van der Waals surface area contributed by atoms with E-state index in [1.807, 2.05) is 60.7 Å². The molecule has 0 fully saturated rings. The highest BCUT2D eigenvalue weighted by atomic mass is 16.5. The second-order valence-electron chi connectivity index (χ2n) is 8.37. The van der Waals surface area contributed by atoms with Crippen molar-refractivity contribution in [3.05, 3.63) is 168 Å². The molecule has 0 amide bonds. The Morgan fingerprint density at radius 3 is 1.37 bits per heavy atom. The number of hydrazine groups is 1. The molecule has 0 atom stereocenters. The summed E-state index contributed by atoms with van der Waals surface area (Å²) in [5.74, 6) is 0.807. The van der Waals surface area contributed by atoms with Crippen LogP contribution in [-0.4, -0.2) is 0 Å². The van der Waals surface area contributed by atoms with Crippen LogP contribution in [0, 0.1) is 0 Å². The lowest BCUT2D eigenvalue weighted by Crippen LogP contribution is -2.36. The topological polar surface area (TPSA) is 33.3 Å². The first-order valence-corrected chi connectivity index (χ1v) is 11.8. The summed E-state index contributed by atoms with van der Waals surface area (Å²) in [5.41, 5.74) is 11.2. The Bertz CT molecular complexity index is 1210. The van der Waals surface area contributed by atoms with E-state index in [1.165, 1.54) is 0 Å². The van der Waals surface area contributed by atoms with Gasteiger partial charge in [0.05, 0.1) is 0 Å². The van der Waals surface area contributed by atoms with Crippen molar-refractivity contribution in [3.8, 4) is 5.75 Å². The molecule has 5 aromatic rings. The summed E-state index contributed by atoms with van der Waals surface area (Å²) in [7, 11) is 0. The maximum Gasteiger partial charge on any atom is 0.184 e. The van der Waals surface area contributed by atoms with Crippen molar-refractivity contribution in [3.63, 3.8) is 0 Å². The predicted octanol–water partition coefficient (Wildman–Crippen LogP) is 7.17. The van der Waals surface area contributed by atoms with Crippen molar-refractivity contribution in [2.75, 3.05) is 5.43 Å². The molecule has 3 nitrogen and oxygen atoms in total. The number of nitrogens with one attached hydrogen (secondary N) is 2. The van der Waals surface area contributed by atoms with Crippen molar-refractivity contribution in [1.82, 2.24) is 5.43 Å². The van der Waals surface area contributed by atoms with Gasteiger partial charge in [-0.2, -0.15) is 0 Å². The van der Waals surface area contributed by atoms with Gasteiger partial charge >= 0.3 is 0 Å². The Morgan fingerprint density at radius 2 is 0.914 bits per heavy atom. The molecular weight excluding hydrogens is 428 g/mol. The highest BCUT2D eigenvalue weighted by Crippen LogP contribution is 2.41. The Balaban J connectivity index is 1.45. The molecule has 0 aliphatic heterocycles. The Hall–Kier alpha value is -4.34. The van der Waals surface area contributed by atoms with Gasteiger partial charge in [0.25, 0.3) is 0 Å². The number of hydrogen-bond acceptors (Lipinski definition) is 3. The van der Waals surface area contributed by atoms with E-state index in [0.29, 0.717) is 6.54 Å². The molecule has 0 heterocycles. The summed E-state index contributed by atoms with van der Waals surface area (Å²) < 4.78 is 6.95. The van der Waals surface area contributed by atoms with Crippen LogP contribution in [0.15, 0.2) is 146 Å². The summed E-state index contributed by atoms with van der Waals surface area (Å²) in [4.78, 5) is 0. The zero-order valence-corrected chi connectivity index (χ0v) is 19.5. The minimum Gasteiger partial charge on any atom is -0.473 e. The lowest BCUT2D eigenvalue weighted by Gasteiger charge is -2.36. The highest BCUT2D eigenvalue weighted by molar-refractivity contribution is 5.49. The summed E-state index contributed by atoms with van der Waals surface area (Å²) in [6.07, 6.45) is 0. The van der Waals surface area contributed by atoms with Crippen molar-refractivity contribution >= 4 is 5.69 Å². The lowest BCUT2D eigenvalue weighted by atomic mass is 9.80. The molecule has 0 saturated heterocycles. The molecule has 0 radical (unpaired) electrons. The normalized spacial score (nSPS) is 11.1. The van der Waals surface area contributed by atoms with Gasteiger partial charge in [0.2, 0.25) is 0 Å². The van der Waals surface area contributed by atoms with Gasteiger partial charge < -0.3 is 10.2 Å². The zero-order chi connectivity index (χ0) is 23.8. The first kappa shape index (κ1) is 22.5. The van der Waals surface area contributed by atoms with Crippen LogP contribution in [0.5, 0.6) is 5.75 Å². The van der Waals surface area contributed by atoms with Gasteiger partial charge in [0.1, 0.15) is 5.75 Å². The van der Waals surface area contributed by atoms with Gasteiger partial charge in [0, 0.05) is 28.9 Å². The monoisotopic (exact) mass is 456 g/mol. The van der Waals surface area contributed by atoms with Crippen molar-refractivity contribution in [1.29, 1.82) is 0 Å². The average molecular weight is 457 g/mol. The number of rotatable bonds is 9. The number of hydrogen-bond donors (Lipinski definition) is 2. The molecule has 5 rings (SSSR count). The van der Waals surface area contributed by atoms with E-state index < -0.39 is 5.60 Å². The van der Waals surface area contributed by atoms with Crippen molar-refractivity contribution in [2.24, 2.45) is 0 Å². The summed E-state index contributed by atoms with van der Waals surface area (Å²) >= 11 is 0. The number of anilines is 1. The molecule has 0 aliphatic rings. The van der Waals surface area contributed by atoms with Crippen LogP contribution < -0.4 is 15.6 Å². The fourth-order valence-electron chi connectivity index (χ4n) is 4.32. The molecule has 3 heteroatoms. The van der Waals surface area contributed by atoms with Gasteiger partial charge in [-0.05, 0) is 29.8 Å². The molecule has 0 aliphatic carbocycles. The molecule has 0 saturated carbocycles. The highest BCUT2D eigenvalue weighted by Gasteiger charge is 2.38. The van der Waals surface area contributed by atoms with Gasteiger partial charge in [0.15, 0.2) is 5.60 Å². The summed E-state index contributed by atoms with van der Waals surface area (Å²) in [5, 5.41) is 0. The molecule has 2 N–H and O–H groups in total. The van der Waals surface area contributed by atoms with Crippen LogP contribution in [0.25, 0.3) is 0 Å². The fraction of sp³-hybridized carbons (Fsp3) is 0.0625. The molecule has 172 valence electrons. The maximum absolute atomic E-state index is 6.95.